The van der Waals surface area contributed by atoms with Gasteiger partial charge in [-0.25, -0.2) is 28.1 Å². The van der Waals surface area contributed by atoms with Crippen LogP contribution in [0.15, 0.2) is 30.7 Å². The van der Waals surface area contributed by atoms with Gasteiger partial charge in [0.05, 0.1) is 12.7 Å². The highest BCUT2D eigenvalue weighted by Crippen LogP contribution is 2.26. The molecule has 10 heteroatoms. The Hall–Kier alpha value is -3.17. The van der Waals surface area contributed by atoms with Gasteiger partial charge in [0.2, 0.25) is 5.91 Å². The largest absolute Gasteiger partial charge is 0.354 e. The Kier molecular flexibility index (Phi) is 4.98. The van der Waals surface area contributed by atoms with Crippen LogP contribution < -0.4 is 10.6 Å². The Morgan fingerprint density at radius 3 is 2.89 bits per heavy atom. The van der Waals surface area contributed by atoms with Gasteiger partial charge in [-0.1, -0.05) is 0 Å². The van der Waals surface area contributed by atoms with Gasteiger partial charge in [-0.2, -0.15) is 0 Å². The SMILES string of the molecule is CC(C)(Nc1nc(-c2c[nH]c3ncccc23)ncc1F)C(=O)NCC(F)F.[HH].[HH].[HH]. The number of nitrogens with zero attached hydrogens (tertiary/aromatic N) is 3. The third kappa shape index (κ3) is 3.99. The first-order chi connectivity index (χ1) is 12.8. The maximum Gasteiger partial charge on any atom is 0.255 e. The summed E-state index contributed by atoms with van der Waals surface area (Å²) < 4.78 is 38.8. The Balaban J connectivity index is 0.00000280. The number of halogens is 3. The van der Waals surface area contributed by atoms with Crippen molar-refractivity contribution in [3.63, 3.8) is 0 Å². The monoisotopic (exact) mass is 384 g/mol. The summed E-state index contributed by atoms with van der Waals surface area (Å²) in [5, 5.41) is 5.50. The lowest BCUT2D eigenvalue weighted by Crippen LogP contribution is -2.49. The van der Waals surface area contributed by atoms with E-state index in [0.29, 0.717) is 11.2 Å². The molecule has 0 radical (unpaired) electrons. The summed E-state index contributed by atoms with van der Waals surface area (Å²) in [5.41, 5.74) is -0.133. The van der Waals surface area contributed by atoms with Crippen LogP contribution in [0.25, 0.3) is 22.4 Å². The number of anilines is 1. The van der Waals surface area contributed by atoms with E-state index in [1.807, 2.05) is 6.07 Å². The lowest BCUT2D eigenvalue weighted by Gasteiger charge is -2.26. The number of fused-ring (bicyclic) bond motifs is 1. The number of hydrogen-bond acceptors (Lipinski definition) is 5. The lowest BCUT2D eigenvalue weighted by atomic mass is 10.0. The van der Waals surface area contributed by atoms with Gasteiger partial charge in [-0.05, 0) is 26.0 Å². The fraction of sp³-hybridized carbons (Fsp3) is 0.294. The molecule has 1 amide bonds. The van der Waals surface area contributed by atoms with Crippen molar-refractivity contribution in [1.82, 2.24) is 25.3 Å². The van der Waals surface area contributed by atoms with E-state index >= 15 is 0 Å². The minimum Gasteiger partial charge on any atom is -0.354 e. The van der Waals surface area contributed by atoms with Crippen LogP contribution in [0.3, 0.4) is 0 Å². The molecule has 3 aromatic heterocycles. The van der Waals surface area contributed by atoms with Gasteiger partial charge in [0.15, 0.2) is 17.5 Å². The standard InChI is InChI=1S/C17H17F3N6O.3H2/c1-17(2,16(27)24-8-12(19)20)26-15-11(18)7-23-14(25-15)10-6-22-13-9(10)4-3-5-21-13;;;/h3-7,12H,8H2,1-2H3,(H,21,22)(H,24,27)(H,23,25,26);3*1H. The third-order valence-electron chi connectivity index (χ3n) is 3.85. The summed E-state index contributed by atoms with van der Waals surface area (Å²) >= 11 is 0. The van der Waals surface area contributed by atoms with Crippen molar-refractivity contribution >= 4 is 22.8 Å². The lowest BCUT2D eigenvalue weighted by molar-refractivity contribution is -0.125. The number of aromatic nitrogens is 4. The number of pyridine rings is 1. The van der Waals surface area contributed by atoms with Crippen molar-refractivity contribution in [2.75, 3.05) is 11.9 Å². The number of aromatic amines is 1. The van der Waals surface area contributed by atoms with Crippen LogP contribution in [-0.2, 0) is 4.79 Å². The molecule has 27 heavy (non-hydrogen) atoms. The minimum atomic E-state index is -2.68. The van der Waals surface area contributed by atoms with Gasteiger partial charge in [0.25, 0.3) is 6.43 Å². The van der Waals surface area contributed by atoms with Crippen LogP contribution in [0.1, 0.15) is 18.1 Å². The van der Waals surface area contributed by atoms with Crippen LogP contribution in [0, 0.1) is 5.82 Å². The average Bonchev–Trinajstić information content (AvgIpc) is 3.05. The second-order valence-corrected chi connectivity index (χ2v) is 6.34. The maximum atomic E-state index is 14.2. The molecular formula is C17H23F3N6O. The molecule has 0 atom stereocenters. The number of amides is 1. The summed E-state index contributed by atoms with van der Waals surface area (Å²) in [6, 6.07) is 3.56. The molecule has 3 heterocycles. The molecule has 0 aliphatic carbocycles. The van der Waals surface area contributed by atoms with Gasteiger partial charge < -0.3 is 15.6 Å². The smallest absolute Gasteiger partial charge is 0.255 e. The quantitative estimate of drug-likeness (QED) is 0.605. The van der Waals surface area contributed by atoms with Crippen LogP contribution in [0.2, 0.25) is 0 Å². The highest BCUT2D eigenvalue weighted by Gasteiger charge is 2.29. The number of carbonyl (C=O) groups is 1. The van der Waals surface area contributed by atoms with Crippen molar-refractivity contribution in [3.8, 4) is 11.4 Å². The van der Waals surface area contributed by atoms with Gasteiger partial charge >= 0.3 is 0 Å². The van der Waals surface area contributed by atoms with Crippen LogP contribution in [0.4, 0.5) is 19.0 Å². The van der Waals surface area contributed by atoms with E-state index in [-0.39, 0.29) is 15.9 Å². The molecule has 0 spiro atoms. The Bertz CT molecular complexity index is 986. The Morgan fingerprint density at radius 1 is 1.37 bits per heavy atom. The predicted octanol–water partition coefficient (Wildman–Crippen LogP) is 3.47. The molecule has 0 fully saturated rings. The highest BCUT2D eigenvalue weighted by atomic mass is 19.3. The molecule has 3 rings (SSSR count). The van der Waals surface area contributed by atoms with E-state index in [0.717, 1.165) is 11.6 Å². The van der Waals surface area contributed by atoms with Crippen molar-refractivity contribution < 1.29 is 22.2 Å². The number of hydrogen-bond donors (Lipinski definition) is 3. The zero-order valence-corrected chi connectivity index (χ0v) is 14.6. The van der Waals surface area contributed by atoms with Crippen molar-refractivity contribution in [2.45, 2.75) is 25.8 Å². The summed E-state index contributed by atoms with van der Waals surface area (Å²) in [5.74, 6) is -1.47. The fourth-order valence-corrected chi connectivity index (χ4v) is 2.47. The van der Waals surface area contributed by atoms with Gasteiger partial charge in [0.1, 0.15) is 11.2 Å². The molecule has 0 aromatic carbocycles. The molecule has 148 valence electrons. The van der Waals surface area contributed by atoms with Gasteiger partial charge in [-0.15, -0.1) is 0 Å². The number of rotatable bonds is 6. The van der Waals surface area contributed by atoms with Crippen LogP contribution >= 0.6 is 0 Å². The Morgan fingerprint density at radius 2 is 2.15 bits per heavy atom. The van der Waals surface area contributed by atoms with Gasteiger partial charge in [0, 0.05) is 27.6 Å². The topological polar surface area (TPSA) is 95.6 Å². The first-order valence-electron chi connectivity index (χ1n) is 8.07. The number of nitrogens with one attached hydrogen (secondary N) is 3. The van der Waals surface area contributed by atoms with Crippen molar-refractivity contribution in [1.29, 1.82) is 0 Å². The molecule has 0 unspecified atom stereocenters. The maximum absolute atomic E-state index is 14.2. The average molecular weight is 384 g/mol. The number of carbonyl (C=O) groups excluding carboxylic acids is 1. The third-order valence-corrected chi connectivity index (χ3v) is 3.85. The molecule has 0 bridgehead atoms. The Labute approximate surface area is 156 Å². The van der Waals surface area contributed by atoms with E-state index < -0.39 is 30.2 Å². The molecule has 3 N–H and O–H groups in total. The second-order valence-electron chi connectivity index (χ2n) is 6.34. The predicted molar refractivity (Wildman–Crippen MR) is 100 cm³/mol. The zero-order chi connectivity index (χ0) is 19.6. The normalized spacial score (nSPS) is 11.8. The molecular weight excluding hydrogens is 361 g/mol. The second kappa shape index (κ2) is 7.22. The molecule has 7 nitrogen and oxygen atoms in total. The fourth-order valence-electron chi connectivity index (χ4n) is 2.47. The van der Waals surface area contributed by atoms with E-state index in [4.69, 9.17) is 0 Å². The number of alkyl halides is 2. The summed E-state index contributed by atoms with van der Waals surface area (Å²) in [6.45, 7) is 2.08. The zero-order valence-electron chi connectivity index (χ0n) is 14.6. The molecule has 0 aliphatic rings. The van der Waals surface area contributed by atoms with Crippen molar-refractivity contribution in [2.24, 2.45) is 0 Å². The van der Waals surface area contributed by atoms with E-state index in [1.165, 1.54) is 13.8 Å². The van der Waals surface area contributed by atoms with E-state index in [9.17, 15) is 18.0 Å². The van der Waals surface area contributed by atoms with Gasteiger partial charge in [-0.3, -0.25) is 4.79 Å². The van der Waals surface area contributed by atoms with E-state index in [1.54, 1.807) is 18.5 Å². The van der Waals surface area contributed by atoms with Crippen LogP contribution in [-0.4, -0.2) is 44.4 Å². The van der Waals surface area contributed by atoms with Crippen LogP contribution in [0.5, 0.6) is 0 Å². The first-order valence-corrected chi connectivity index (χ1v) is 8.07. The van der Waals surface area contributed by atoms with Crippen molar-refractivity contribution in [3.05, 3.63) is 36.5 Å². The highest BCUT2D eigenvalue weighted by molar-refractivity contribution is 5.92. The minimum absolute atomic E-state index is 0. The summed E-state index contributed by atoms with van der Waals surface area (Å²) in [6.07, 6.45) is 1.58. The molecule has 3 aromatic rings. The summed E-state index contributed by atoms with van der Waals surface area (Å²) in [7, 11) is 0. The molecule has 0 saturated carbocycles. The molecule has 0 saturated heterocycles. The molecule has 0 aliphatic heterocycles. The first kappa shape index (κ1) is 18.6. The number of H-pyrrole nitrogens is 1. The van der Waals surface area contributed by atoms with E-state index in [2.05, 4.69) is 30.6 Å². The summed E-state index contributed by atoms with van der Waals surface area (Å²) in [4.78, 5) is 27.4.